The van der Waals surface area contributed by atoms with Crippen LogP contribution in [-0.4, -0.2) is 67.8 Å². The normalized spacial score (nSPS) is 42.8. The van der Waals surface area contributed by atoms with Gasteiger partial charge in [0.25, 0.3) is 0 Å². The average molecular weight is 391 g/mol. The Morgan fingerprint density at radius 2 is 2.07 bits per heavy atom. The number of fused-ring (bicyclic) bond motifs is 1. The van der Waals surface area contributed by atoms with E-state index in [4.69, 9.17) is 9.31 Å². The SMILES string of the molecule is CC1C[C@H]2OB([C@@H]3CCCN3C(=O)CN[C@@H]3CCNC3)O[C@@]2(C)C(C)C1(C)C. The first-order valence-corrected chi connectivity index (χ1v) is 11.3. The maximum absolute atomic E-state index is 12.9. The molecule has 0 radical (unpaired) electrons. The molecule has 7 heteroatoms. The van der Waals surface area contributed by atoms with Gasteiger partial charge in [0.1, 0.15) is 0 Å². The predicted molar refractivity (Wildman–Crippen MR) is 111 cm³/mol. The number of hydrogen-bond acceptors (Lipinski definition) is 5. The fourth-order valence-electron chi connectivity index (χ4n) is 5.83. The van der Waals surface area contributed by atoms with Crippen molar-refractivity contribution in [2.75, 3.05) is 26.2 Å². The van der Waals surface area contributed by atoms with E-state index in [1.54, 1.807) is 0 Å². The average Bonchev–Trinajstić information content (AvgIpc) is 3.39. The molecule has 2 N–H and O–H groups in total. The summed E-state index contributed by atoms with van der Waals surface area (Å²) in [4.78, 5) is 14.9. The van der Waals surface area contributed by atoms with E-state index in [1.807, 2.05) is 4.90 Å². The summed E-state index contributed by atoms with van der Waals surface area (Å²) in [5.41, 5.74) is -0.0559. The summed E-state index contributed by atoms with van der Waals surface area (Å²) < 4.78 is 13.1. The maximum atomic E-state index is 12.9. The molecule has 1 saturated carbocycles. The minimum absolute atomic E-state index is 0.0454. The van der Waals surface area contributed by atoms with Crippen molar-refractivity contribution < 1.29 is 14.1 Å². The fraction of sp³-hybridized carbons (Fsp3) is 0.952. The smallest absolute Gasteiger partial charge is 0.404 e. The zero-order chi connectivity index (χ0) is 20.1. The topological polar surface area (TPSA) is 62.8 Å². The molecule has 0 spiro atoms. The van der Waals surface area contributed by atoms with Crippen molar-refractivity contribution in [1.82, 2.24) is 15.5 Å². The quantitative estimate of drug-likeness (QED) is 0.716. The first-order valence-electron chi connectivity index (χ1n) is 11.3. The van der Waals surface area contributed by atoms with Crippen LogP contribution in [0.4, 0.5) is 0 Å². The first kappa shape index (κ1) is 20.6. The lowest BCUT2D eigenvalue weighted by molar-refractivity contribution is -0.130. The molecule has 0 aromatic heterocycles. The molecule has 1 amide bonds. The molecule has 6 atom stereocenters. The van der Waals surface area contributed by atoms with E-state index in [-0.39, 0.29) is 36.1 Å². The molecule has 6 nitrogen and oxygen atoms in total. The van der Waals surface area contributed by atoms with Crippen LogP contribution >= 0.6 is 0 Å². The number of carbonyl (C=O) groups is 1. The van der Waals surface area contributed by atoms with Gasteiger partial charge < -0.3 is 24.8 Å². The van der Waals surface area contributed by atoms with Gasteiger partial charge in [-0.15, -0.1) is 0 Å². The summed E-state index contributed by atoms with van der Waals surface area (Å²) in [6, 6.07) is 0.412. The second-order valence-electron chi connectivity index (χ2n) is 10.3. The van der Waals surface area contributed by atoms with Crippen LogP contribution in [0, 0.1) is 17.3 Å². The summed E-state index contributed by atoms with van der Waals surface area (Å²) in [5, 5.41) is 6.75. The Balaban J connectivity index is 1.42. The number of carbonyl (C=O) groups excluding carboxylic acids is 1. The van der Waals surface area contributed by atoms with Crippen molar-refractivity contribution >= 4 is 13.0 Å². The number of nitrogens with zero attached hydrogens (tertiary/aromatic N) is 1. The Hall–Kier alpha value is -0.625. The zero-order valence-corrected chi connectivity index (χ0v) is 18.3. The van der Waals surface area contributed by atoms with Gasteiger partial charge in [-0.2, -0.15) is 0 Å². The largest absolute Gasteiger partial charge is 0.481 e. The highest BCUT2D eigenvalue weighted by atomic mass is 16.7. The second-order valence-corrected chi connectivity index (χ2v) is 10.3. The highest BCUT2D eigenvalue weighted by molar-refractivity contribution is 6.48. The maximum Gasteiger partial charge on any atom is 0.481 e. The van der Waals surface area contributed by atoms with Gasteiger partial charge in [0, 0.05) is 19.1 Å². The molecule has 3 aliphatic heterocycles. The Morgan fingerprint density at radius 1 is 1.29 bits per heavy atom. The van der Waals surface area contributed by atoms with Gasteiger partial charge in [-0.05, 0) is 56.4 Å². The highest BCUT2D eigenvalue weighted by Crippen LogP contribution is 2.54. The molecule has 3 heterocycles. The van der Waals surface area contributed by atoms with Crippen LogP contribution in [-0.2, 0) is 14.1 Å². The van der Waals surface area contributed by atoms with E-state index < -0.39 is 0 Å². The molecule has 2 unspecified atom stereocenters. The molecule has 4 fully saturated rings. The summed E-state index contributed by atoms with van der Waals surface area (Å²) in [6.45, 7) is 14.8. The number of rotatable bonds is 4. The van der Waals surface area contributed by atoms with Gasteiger partial charge in [-0.3, -0.25) is 4.79 Å². The molecule has 0 bridgehead atoms. The molecule has 4 rings (SSSR count). The van der Waals surface area contributed by atoms with Crippen LogP contribution in [0.15, 0.2) is 0 Å². The van der Waals surface area contributed by atoms with E-state index in [1.165, 1.54) is 0 Å². The van der Waals surface area contributed by atoms with Crippen LogP contribution in [0.25, 0.3) is 0 Å². The number of hydrogen-bond donors (Lipinski definition) is 2. The van der Waals surface area contributed by atoms with E-state index in [0.717, 1.165) is 45.3 Å². The molecule has 0 aromatic rings. The lowest BCUT2D eigenvalue weighted by Crippen LogP contribution is -2.56. The van der Waals surface area contributed by atoms with Crippen molar-refractivity contribution in [3.63, 3.8) is 0 Å². The van der Waals surface area contributed by atoms with Gasteiger partial charge in [-0.25, -0.2) is 0 Å². The van der Waals surface area contributed by atoms with Gasteiger partial charge in [-0.1, -0.05) is 27.7 Å². The summed E-state index contributed by atoms with van der Waals surface area (Å²) in [7, 11) is -0.293. The Bertz CT molecular complexity index is 597. The van der Waals surface area contributed by atoms with Gasteiger partial charge in [0.05, 0.1) is 24.2 Å². The third-order valence-corrected chi connectivity index (χ3v) is 8.66. The molecule has 0 aromatic carbocycles. The van der Waals surface area contributed by atoms with Crippen LogP contribution in [0.5, 0.6) is 0 Å². The lowest BCUT2D eigenvalue weighted by atomic mass is 9.57. The van der Waals surface area contributed by atoms with Gasteiger partial charge in [0.2, 0.25) is 5.91 Å². The van der Waals surface area contributed by atoms with Crippen molar-refractivity contribution in [1.29, 1.82) is 0 Å². The third-order valence-electron chi connectivity index (χ3n) is 8.66. The monoisotopic (exact) mass is 391 g/mol. The van der Waals surface area contributed by atoms with Crippen molar-refractivity contribution in [3.05, 3.63) is 0 Å². The second kappa shape index (κ2) is 7.57. The van der Waals surface area contributed by atoms with Crippen molar-refractivity contribution in [3.8, 4) is 0 Å². The zero-order valence-electron chi connectivity index (χ0n) is 18.3. The number of amides is 1. The molecule has 4 aliphatic rings. The summed E-state index contributed by atoms with van der Waals surface area (Å²) >= 11 is 0. The standard InChI is InChI=1S/C21H38BN3O3/c1-14-11-17-21(5,15(2)20(14,3)4)28-22(27-17)18-7-6-10-25(18)19(26)13-24-16-8-9-23-12-16/h14-18,23-24H,6-13H2,1-5H3/t14?,15?,16-,17-,18+,21+/m1/s1. The molecule has 1 aliphatic carbocycles. The summed E-state index contributed by atoms with van der Waals surface area (Å²) in [5.74, 6) is 1.22. The van der Waals surface area contributed by atoms with Crippen LogP contribution < -0.4 is 10.6 Å². The van der Waals surface area contributed by atoms with Crippen LogP contribution in [0.2, 0.25) is 0 Å². The number of nitrogens with one attached hydrogen (secondary N) is 2. The van der Waals surface area contributed by atoms with E-state index in [0.29, 0.717) is 24.4 Å². The molecule has 3 saturated heterocycles. The van der Waals surface area contributed by atoms with Gasteiger partial charge in [0.15, 0.2) is 0 Å². The van der Waals surface area contributed by atoms with E-state index in [2.05, 4.69) is 45.3 Å². The summed E-state index contributed by atoms with van der Waals surface area (Å²) in [6.07, 6.45) is 4.25. The lowest BCUT2D eigenvalue weighted by Gasteiger charge is -2.53. The minimum Gasteiger partial charge on any atom is -0.404 e. The fourth-order valence-corrected chi connectivity index (χ4v) is 5.83. The van der Waals surface area contributed by atoms with Gasteiger partial charge >= 0.3 is 7.12 Å². The van der Waals surface area contributed by atoms with Crippen LogP contribution in [0.1, 0.15) is 60.3 Å². The molecule has 158 valence electrons. The first-order chi connectivity index (χ1) is 13.2. The van der Waals surface area contributed by atoms with E-state index in [9.17, 15) is 4.79 Å². The molecular formula is C21H38BN3O3. The Kier molecular flexibility index (Phi) is 5.58. The van der Waals surface area contributed by atoms with E-state index >= 15 is 0 Å². The van der Waals surface area contributed by atoms with Crippen molar-refractivity contribution in [2.45, 2.75) is 84.0 Å². The minimum atomic E-state index is -0.293. The number of likely N-dealkylation sites (tertiary alicyclic amines) is 1. The Labute approximate surface area is 170 Å². The molecular weight excluding hydrogens is 353 g/mol. The Morgan fingerprint density at radius 3 is 2.79 bits per heavy atom. The third kappa shape index (κ3) is 3.42. The van der Waals surface area contributed by atoms with Crippen LogP contribution in [0.3, 0.4) is 0 Å². The molecule has 28 heavy (non-hydrogen) atoms. The highest BCUT2D eigenvalue weighted by Gasteiger charge is 2.62. The van der Waals surface area contributed by atoms with Crippen molar-refractivity contribution in [2.24, 2.45) is 17.3 Å². The predicted octanol–water partition coefficient (Wildman–Crippen LogP) is 1.83.